The molecule has 0 atom stereocenters. The molecule has 7 nitrogen and oxygen atoms in total. The van der Waals surface area contributed by atoms with Gasteiger partial charge in [0.2, 0.25) is 0 Å². The summed E-state index contributed by atoms with van der Waals surface area (Å²) < 4.78 is 6.91. The standard InChI is InChI=1S/C19H24N4O3/c1-5-26-19(25)17-15-12-23(11-10-16(15)22(4)20-17)14-8-6-13(7-9-14)18(24)21(2)3/h6-9H,5,10-12H2,1-4H3. The number of anilines is 1. The third-order valence-electron chi connectivity index (χ3n) is 4.60. The van der Waals surface area contributed by atoms with Crippen LogP contribution in [0.4, 0.5) is 5.69 Å². The molecule has 0 N–H and O–H groups in total. The number of amides is 1. The first-order chi connectivity index (χ1) is 12.4. The van der Waals surface area contributed by atoms with Crippen molar-refractivity contribution in [3.63, 3.8) is 0 Å². The zero-order valence-corrected chi connectivity index (χ0v) is 15.7. The Hall–Kier alpha value is -2.83. The number of fused-ring (bicyclic) bond motifs is 1. The topological polar surface area (TPSA) is 67.7 Å². The lowest BCUT2D eigenvalue weighted by Crippen LogP contribution is -2.31. The first-order valence-corrected chi connectivity index (χ1v) is 8.71. The molecule has 1 amide bonds. The summed E-state index contributed by atoms with van der Waals surface area (Å²) >= 11 is 0. The van der Waals surface area contributed by atoms with Gasteiger partial charge >= 0.3 is 5.97 Å². The van der Waals surface area contributed by atoms with Gasteiger partial charge < -0.3 is 14.5 Å². The van der Waals surface area contributed by atoms with Gasteiger partial charge in [0.15, 0.2) is 5.69 Å². The number of rotatable bonds is 4. The van der Waals surface area contributed by atoms with Crippen molar-refractivity contribution < 1.29 is 14.3 Å². The van der Waals surface area contributed by atoms with Crippen molar-refractivity contribution in [2.24, 2.45) is 7.05 Å². The van der Waals surface area contributed by atoms with Crippen LogP contribution in [-0.2, 0) is 24.8 Å². The molecule has 2 aromatic rings. The van der Waals surface area contributed by atoms with Crippen LogP contribution in [0.5, 0.6) is 0 Å². The van der Waals surface area contributed by atoms with E-state index in [2.05, 4.69) is 10.00 Å². The van der Waals surface area contributed by atoms with Crippen LogP contribution in [0.15, 0.2) is 24.3 Å². The molecule has 0 spiro atoms. The highest BCUT2D eigenvalue weighted by molar-refractivity contribution is 5.94. The number of nitrogens with zero attached hydrogens (tertiary/aromatic N) is 4. The van der Waals surface area contributed by atoms with Crippen molar-refractivity contribution in [2.45, 2.75) is 19.9 Å². The Bertz CT molecular complexity index is 824. The van der Waals surface area contributed by atoms with Gasteiger partial charge in [-0.1, -0.05) is 0 Å². The van der Waals surface area contributed by atoms with Crippen LogP contribution in [0.2, 0.25) is 0 Å². The molecule has 0 aliphatic carbocycles. The lowest BCUT2D eigenvalue weighted by atomic mass is 10.0. The van der Waals surface area contributed by atoms with Gasteiger partial charge in [-0.3, -0.25) is 9.48 Å². The van der Waals surface area contributed by atoms with Gasteiger partial charge in [-0.15, -0.1) is 0 Å². The van der Waals surface area contributed by atoms with Crippen molar-refractivity contribution >= 4 is 17.6 Å². The second kappa shape index (κ2) is 7.19. The molecule has 0 saturated heterocycles. The summed E-state index contributed by atoms with van der Waals surface area (Å²) in [6.45, 7) is 3.54. The van der Waals surface area contributed by atoms with E-state index in [1.165, 1.54) is 0 Å². The van der Waals surface area contributed by atoms with Gasteiger partial charge in [-0.25, -0.2) is 4.79 Å². The first kappa shape index (κ1) is 18.0. The average Bonchev–Trinajstić information content (AvgIpc) is 2.97. The molecule has 138 valence electrons. The van der Waals surface area contributed by atoms with Crippen LogP contribution in [-0.4, -0.2) is 53.8 Å². The van der Waals surface area contributed by atoms with Crippen molar-refractivity contribution in [3.05, 3.63) is 46.8 Å². The van der Waals surface area contributed by atoms with Crippen LogP contribution >= 0.6 is 0 Å². The summed E-state index contributed by atoms with van der Waals surface area (Å²) in [5.41, 5.74) is 4.07. The molecule has 1 aliphatic rings. The van der Waals surface area contributed by atoms with Gasteiger partial charge in [0.05, 0.1) is 6.61 Å². The minimum Gasteiger partial charge on any atom is -0.461 e. The number of aromatic nitrogens is 2. The maximum atomic E-state index is 12.2. The highest BCUT2D eigenvalue weighted by atomic mass is 16.5. The van der Waals surface area contributed by atoms with E-state index in [9.17, 15) is 9.59 Å². The summed E-state index contributed by atoms with van der Waals surface area (Å²) in [6, 6.07) is 7.57. The molecule has 0 bridgehead atoms. The van der Waals surface area contributed by atoms with E-state index < -0.39 is 0 Å². The monoisotopic (exact) mass is 356 g/mol. The number of benzene rings is 1. The maximum absolute atomic E-state index is 12.2. The molecule has 1 aromatic carbocycles. The fraction of sp³-hybridized carbons (Fsp3) is 0.421. The zero-order valence-electron chi connectivity index (χ0n) is 15.7. The molecular formula is C19H24N4O3. The quantitative estimate of drug-likeness (QED) is 0.782. The molecule has 0 unspecified atom stereocenters. The van der Waals surface area contributed by atoms with Crippen molar-refractivity contribution in [1.29, 1.82) is 0 Å². The molecule has 3 rings (SSSR count). The Kier molecular flexibility index (Phi) is 4.97. The number of esters is 1. The number of hydrogen-bond donors (Lipinski definition) is 0. The number of carbonyl (C=O) groups excluding carboxylic acids is 2. The Morgan fingerprint density at radius 2 is 1.92 bits per heavy atom. The van der Waals surface area contributed by atoms with Gasteiger partial charge in [-0.2, -0.15) is 5.10 Å². The normalized spacial score (nSPS) is 13.3. The summed E-state index contributed by atoms with van der Waals surface area (Å²) in [5.74, 6) is -0.396. The second-order valence-electron chi connectivity index (χ2n) is 6.54. The third kappa shape index (κ3) is 3.29. The molecule has 1 aliphatic heterocycles. The molecular weight excluding hydrogens is 332 g/mol. The van der Waals surface area contributed by atoms with E-state index in [0.29, 0.717) is 24.4 Å². The molecule has 7 heteroatoms. The molecule has 26 heavy (non-hydrogen) atoms. The fourth-order valence-electron chi connectivity index (χ4n) is 3.25. The lowest BCUT2D eigenvalue weighted by Gasteiger charge is -2.29. The number of aryl methyl sites for hydroxylation is 1. The second-order valence-corrected chi connectivity index (χ2v) is 6.54. The Labute approximate surface area is 153 Å². The fourth-order valence-corrected chi connectivity index (χ4v) is 3.25. The maximum Gasteiger partial charge on any atom is 0.359 e. The zero-order chi connectivity index (χ0) is 18.8. The Balaban J connectivity index is 1.84. The smallest absolute Gasteiger partial charge is 0.359 e. The minimum absolute atomic E-state index is 0.0191. The van der Waals surface area contributed by atoms with Crippen LogP contribution in [0.1, 0.15) is 39.0 Å². The number of hydrogen-bond acceptors (Lipinski definition) is 5. The van der Waals surface area contributed by atoms with Crippen LogP contribution in [0.3, 0.4) is 0 Å². The van der Waals surface area contributed by atoms with Gasteiger partial charge in [0.1, 0.15) is 0 Å². The minimum atomic E-state index is -0.377. The summed E-state index contributed by atoms with van der Waals surface area (Å²) in [7, 11) is 5.34. The highest BCUT2D eigenvalue weighted by Gasteiger charge is 2.28. The SMILES string of the molecule is CCOC(=O)c1nn(C)c2c1CN(c1ccc(C(=O)N(C)C)cc1)CC2. The molecule has 1 aromatic heterocycles. The van der Waals surface area contributed by atoms with E-state index in [1.807, 2.05) is 31.3 Å². The van der Waals surface area contributed by atoms with E-state index in [-0.39, 0.29) is 11.9 Å². The number of carbonyl (C=O) groups is 2. The number of ether oxygens (including phenoxy) is 1. The van der Waals surface area contributed by atoms with Crippen LogP contribution in [0.25, 0.3) is 0 Å². The summed E-state index contributed by atoms with van der Waals surface area (Å²) in [4.78, 5) is 28.0. The van der Waals surface area contributed by atoms with Crippen LogP contribution in [0, 0.1) is 0 Å². The predicted molar refractivity (Wildman–Crippen MR) is 98.4 cm³/mol. The molecule has 2 heterocycles. The van der Waals surface area contributed by atoms with E-state index in [4.69, 9.17) is 4.74 Å². The van der Waals surface area contributed by atoms with Crippen molar-refractivity contribution in [2.75, 3.05) is 32.1 Å². The summed E-state index contributed by atoms with van der Waals surface area (Å²) in [6.07, 6.45) is 0.802. The molecule has 0 fully saturated rings. The van der Waals surface area contributed by atoms with Gasteiger partial charge in [0, 0.05) is 63.2 Å². The lowest BCUT2D eigenvalue weighted by molar-refractivity contribution is 0.0517. The highest BCUT2D eigenvalue weighted by Crippen LogP contribution is 2.27. The van der Waals surface area contributed by atoms with E-state index >= 15 is 0 Å². The predicted octanol–water partition coefficient (Wildman–Crippen LogP) is 1.86. The van der Waals surface area contributed by atoms with Crippen molar-refractivity contribution in [1.82, 2.24) is 14.7 Å². The van der Waals surface area contributed by atoms with Crippen molar-refractivity contribution in [3.8, 4) is 0 Å². The Morgan fingerprint density at radius 1 is 1.23 bits per heavy atom. The Morgan fingerprint density at radius 3 is 2.54 bits per heavy atom. The van der Waals surface area contributed by atoms with E-state index in [1.54, 1.807) is 30.6 Å². The average molecular weight is 356 g/mol. The molecule has 0 saturated carbocycles. The first-order valence-electron chi connectivity index (χ1n) is 8.71. The largest absolute Gasteiger partial charge is 0.461 e. The summed E-state index contributed by atoms with van der Waals surface area (Å²) in [5, 5.41) is 4.36. The van der Waals surface area contributed by atoms with E-state index in [0.717, 1.165) is 29.9 Å². The molecule has 0 radical (unpaired) electrons. The van der Waals surface area contributed by atoms with Gasteiger partial charge in [0.25, 0.3) is 5.91 Å². The third-order valence-corrected chi connectivity index (χ3v) is 4.60. The van der Waals surface area contributed by atoms with Crippen LogP contribution < -0.4 is 4.90 Å². The van der Waals surface area contributed by atoms with Gasteiger partial charge in [-0.05, 0) is 31.2 Å².